The molecule has 2 amide bonds. The second-order valence-electron chi connectivity index (χ2n) is 5.70. The maximum absolute atomic E-state index is 12.2. The molecule has 0 aliphatic rings. The van der Waals surface area contributed by atoms with Crippen molar-refractivity contribution in [2.24, 2.45) is 0 Å². The molecule has 0 saturated heterocycles. The van der Waals surface area contributed by atoms with Gasteiger partial charge in [0.1, 0.15) is 5.82 Å². The summed E-state index contributed by atoms with van der Waals surface area (Å²) in [4.78, 5) is 13.4. The first-order chi connectivity index (χ1) is 11.6. The topological polar surface area (TPSA) is 87.6 Å². The van der Waals surface area contributed by atoms with E-state index in [0.717, 1.165) is 11.4 Å². The summed E-state index contributed by atoms with van der Waals surface area (Å²) in [6.07, 6.45) is 2.35. The third-order valence-electron chi connectivity index (χ3n) is 3.50. The molecule has 8 heteroatoms. The Labute approximate surface area is 144 Å². The largest absolute Gasteiger partial charge is 0.335 e. The average molecular weight is 344 g/mol. The van der Waals surface area contributed by atoms with Gasteiger partial charge in [0, 0.05) is 29.1 Å². The van der Waals surface area contributed by atoms with Gasteiger partial charge in [-0.15, -0.1) is 11.3 Å². The van der Waals surface area contributed by atoms with E-state index in [1.165, 1.54) is 4.88 Å². The van der Waals surface area contributed by atoms with E-state index in [-0.39, 0.29) is 12.1 Å². The summed E-state index contributed by atoms with van der Waals surface area (Å²) in [7, 11) is 0. The van der Waals surface area contributed by atoms with Crippen molar-refractivity contribution in [2.45, 2.75) is 32.9 Å². The smallest absolute Gasteiger partial charge is 0.320 e. The van der Waals surface area contributed by atoms with E-state index < -0.39 is 0 Å². The lowest BCUT2D eigenvalue weighted by molar-refractivity contribution is 0.249. The van der Waals surface area contributed by atoms with Gasteiger partial charge in [0.15, 0.2) is 0 Å². The molecule has 0 aliphatic carbocycles. The van der Waals surface area contributed by atoms with E-state index in [9.17, 15) is 4.79 Å². The number of hydrogen-bond acceptors (Lipinski definition) is 4. The van der Waals surface area contributed by atoms with Crippen LogP contribution in [-0.4, -0.2) is 32.1 Å². The number of carbonyl (C=O) groups excluding carboxylic acids is 1. The SMILES string of the molecule is Cc1cc(CC(C)NC(=O)Nc2ccnn2Cc2cccs2)n[nH]1. The number of aromatic nitrogens is 4. The van der Waals surface area contributed by atoms with Crippen LogP contribution in [0.25, 0.3) is 0 Å². The number of nitrogens with one attached hydrogen (secondary N) is 3. The molecular formula is C16H20N6OS. The Balaban J connectivity index is 1.54. The molecule has 126 valence electrons. The summed E-state index contributed by atoms with van der Waals surface area (Å²) in [6, 6.07) is 7.54. The number of carbonyl (C=O) groups is 1. The van der Waals surface area contributed by atoms with Crippen molar-refractivity contribution in [1.82, 2.24) is 25.3 Å². The molecule has 0 radical (unpaired) electrons. The molecule has 3 rings (SSSR count). The third-order valence-corrected chi connectivity index (χ3v) is 4.36. The van der Waals surface area contributed by atoms with Crippen molar-refractivity contribution in [3.63, 3.8) is 0 Å². The van der Waals surface area contributed by atoms with E-state index in [0.29, 0.717) is 18.8 Å². The zero-order chi connectivity index (χ0) is 16.9. The number of urea groups is 1. The van der Waals surface area contributed by atoms with E-state index in [4.69, 9.17) is 0 Å². The Morgan fingerprint density at radius 3 is 3.04 bits per heavy atom. The number of aromatic amines is 1. The molecule has 0 bridgehead atoms. The van der Waals surface area contributed by atoms with Gasteiger partial charge in [0.25, 0.3) is 0 Å². The van der Waals surface area contributed by atoms with E-state index in [2.05, 4.69) is 25.9 Å². The lowest BCUT2D eigenvalue weighted by atomic mass is 10.2. The van der Waals surface area contributed by atoms with Gasteiger partial charge in [0.2, 0.25) is 0 Å². The van der Waals surface area contributed by atoms with Gasteiger partial charge >= 0.3 is 6.03 Å². The quantitative estimate of drug-likeness (QED) is 0.642. The summed E-state index contributed by atoms with van der Waals surface area (Å²) >= 11 is 1.66. The zero-order valence-corrected chi connectivity index (χ0v) is 14.4. The number of thiophene rings is 1. The summed E-state index contributed by atoms with van der Waals surface area (Å²) in [6.45, 7) is 4.55. The second-order valence-corrected chi connectivity index (χ2v) is 6.73. The Kier molecular flexibility index (Phi) is 4.95. The first-order valence-corrected chi connectivity index (χ1v) is 8.60. The molecule has 24 heavy (non-hydrogen) atoms. The molecule has 0 aromatic carbocycles. The monoisotopic (exact) mass is 344 g/mol. The lowest BCUT2D eigenvalue weighted by Crippen LogP contribution is -2.37. The number of nitrogens with zero attached hydrogens (tertiary/aromatic N) is 3. The highest BCUT2D eigenvalue weighted by atomic mass is 32.1. The molecule has 7 nitrogen and oxygen atoms in total. The second kappa shape index (κ2) is 7.31. The normalized spacial score (nSPS) is 12.1. The highest BCUT2D eigenvalue weighted by Gasteiger charge is 2.12. The van der Waals surface area contributed by atoms with E-state index >= 15 is 0 Å². The number of H-pyrrole nitrogens is 1. The van der Waals surface area contributed by atoms with Gasteiger partial charge < -0.3 is 5.32 Å². The summed E-state index contributed by atoms with van der Waals surface area (Å²) in [5.41, 5.74) is 1.95. The molecule has 0 spiro atoms. The molecule has 1 unspecified atom stereocenters. The van der Waals surface area contributed by atoms with Gasteiger partial charge in [-0.05, 0) is 31.4 Å². The fourth-order valence-electron chi connectivity index (χ4n) is 2.43. The van der Waals surface area contributed by atoms with Crippen LogP contribution in [-0.2, 0) is 13.0 Å². The molecule has 3 heterocycles. The van der Waals surface area contributed by atoms with Gasteiger partial charge in [0.05, 0.1) is 18.4 Å². The highest BCUT2D eigenvalue weighted by Crippen LogP contribution is 2.14. The Bertz CT molecular complexity index is 791. The van der Waals surface area contributed by atoms with Crippen LogP contribution in [0.3, 0.4) is 0 Å². The average Bonchev–Trinajstić information content (AvgIpc) is 3.24. The standard InChI is InChI=1S/C16H20N6OS/c1-11(8-13-9-12(2)20-21-13)18-16(23)19-15-5-6-17-22(15)10-14-4-3-7-24-14/h3-7,9,11H,8,10H2,1-2H3,(H,20,21)(H2,18,19,23). The van der Waals surface area contributed by atoms with Crippen LogP contribution >= 0.6 is 11.3 Å². The predicted molar refractivity (Wildman–Crippen MR) is 94.3 cm³/mol. The van der Waals surface area contributed by atoms with Crippen molar-refractivity contribution in [2.75, 3.05) is 5.32 Å². The van der Waals surface area contributed by atoms with Gasteiger partial charge in [-0.3, -0.25) is 10.4 Å². The summed E-state index contributed by atoms with van der Waals surface area (Å²) in [5, 5.41) is 19.1. The van der Waals surface area contributed by atoms with Crippen LogP contribution < -0.4 is 10.6 Å². The zero-order valence-electron chi connectivity index (χ0n) is 13.6. The van der Waals surface area contributed by atoms with Crippen LogP contribution in [0.5, 0.6) is 0 Å². The fourth-order valence-corrected chi connectivity index (χ4v) is 3.12. The van der Waals surface area contributed by atoms with Crippen molar-refractivity contribution >= 4 is 23.2 Å². The van der Waals surface area contributed by atoms with Crippen molar-refractivity contribution < 1.29 is 4.79 Å². The first-order valence-electron chi connectivity index (χ1n) is 7.73. The van der Waals surface area contributed by atoms with Crippen molar-refractivity contribution in [1.29, 1.82) is 0 Å². The summed E-state index contributed by atoms with van der Waals surface area (Å²) in [5.74, 6) is 0.670. The van der Waals surface area contributed by atoms with Gasteiger partial charge in [-0.1, -0.05) is 6.07 Å². The third kappa shape index (κ3) is 4.23. The molecule has 0 fully saturated rings. The number of hydrogen-bond donors (Lipinski definition) is 3. The number of aryl methyl sites for hydroxylation is 1. The Hall–Kier alpha value is -2.61. The first kappa shape index (κ1) is 16.3. The molecular weight excluding hydrogens is 324 g/mol. The maximum atomic E-state index is 12.2. The van der Waals surface area contributed by atoms with Gasteiger partial charge in [-0.2, -0.15) is 10.2 Å². The van der Waals surface area contributed by atoms with Crippen LogP contribution in [0.2, 0.25) is 0 Å². The van der Waals surface area contributed by atoms with Crippen LogP contribution in [0, 0.1) is 6.92 Å². The Morgan fingerprint density at radius 1 is 1.46 bits per heavy atom. The minimum absolute atomic E-state index is 0.0265. The number of anilines is 1. The molecule has 3 aromatic rings. The molecule has 0 saturated carbocycles. The Morgan fingerprint density at radius 2 is 2.33 bits per heavy atom. The molecule has 3 aromatic heterocycles. The fraction of sp³-hybridized carbons (Fsp3) is 0.312. The number of rotatable bonds is 6. The molecule has 1 atom stereocenters. The van der Waals surface area contributed by atoms with Crippen LogP contribution in [0.15, 0.2) is 35.8 Å². The lowest BCUT2D eigenvalue weighted by Gasteiger charge is -2.14. The molecule has 0 aliphatic heterocycles. The predicted octanol–water partition coefficient (Wildman–Crippen LogP) is 2.78. The van der Waals surface area contributed by atoms with E-state index in [1.807, 2.05) is 37.4 Å². The highest BCUT2D eigenvalue weighted by molar-refractivity contribution is 7.09. The van der Waals surface area contributed by atoms with E-state index in [1.54, 1.807) is 28.3 Å². The van der Waals surface area contributed by atoms with Crippen LogP contribution in [0.4, 0.5) is 10.6 Å². The maximum Gasteiger partial charge on any atom is 0.320 e. The van der Waals surface area contributed by atoms with Gasteiger partial charge in [-0.25, -0.2) is 9.48 Å². The minimum atomic E-state index is -0.248. The van der Waals surface area contributed by atoms with Crippen molar-refractivity contribution in [3.05, 3.63) is 52.1 Å². The molecule has 3 N–H and O–H groups in total. The van der Waals surface area contributed by atoms with Crippen LogP contribution in [0.1, 0.15) is 23.2 Å². The summed E-state index contributed by atoms with van der Waals surface area (Å²) < 4.78 is 1.77. The number of amides is 2. The van der Waals surface area contributed by atoms with Crippen molar-refractivity contribution in [3.8, 4) is 0 Å². The minimum Gasteiger partial charge on any atom is -0.335 e.